The van der Waals surface area contributed by atoms with Gasteiger partial charge < -0.3 is 9.84 Å². The maximum atomic E-state index is 13.1. The van der Waals surface area contributed by atoms with Crippen LogP contribution in [0.4, 0.5) is 8.78 Å². The lowest BCUT2D eigenvalue weighted by molar-refractivity contribution is 0.273. The lowest BCUT2D eigenvalue weighted by Crippen LogP contribution is -2.01. The summed E-state index contributed by atoms with van der Waals surface area (Å²) < 4.78 is 30.9. The van der Waals surface area contributed by atoms with Gasteiger partial charge in [-0.05, 0) is 18.6 Å². The first kappa shape index (κ1) is 10.8. The Morgan fingerprint density at radius 1 is 1.36 bits per heavy atom. The summed E-state index contributed by atoms with van der Waals surface area (Å²) in [6.45, 7) is 2.19. The first-order valence-corrected chi connectivity index (χ1v) is 4.46. The molecule has 0 bridgehead atoms. The third-order valence-electron chi connectivity index (χ3n) is 1.77. The van der Waals surface area contributed by atoms with Crippen molar-refractivity contribution in [2.75, 3.05) is 6.61 Å². The number of hydrogen-bond donors (Lipinski definition) is 1. The number of ether oxygens (including phenoxy) is 1. The minimum Gasteiger partial charge on any atom is -0.505 e. The average molecular weight is 202 g/mol. The van der Waals surface area contributed by atoms with E-state index in [-0.39, 0.29) is 6.61 Å². The average Bonchev–Trinajstić information content (AvgIpc) is 2.18. The van der Waals surface area contributed by atoms with Crippen LogP contribution in [0.25, 0.3) is 0 Å². The standard InChI is InChI=1S/C10H12F2O2/c1-2-3-6-14-10-7(11)4-5-8(13)9(10)12/h4-5,13H,2-3,6H2,1H3. The Morgan fingerprint density at radius 3 is 2.71 bits per heavy atom. The molecule has 2 nitrogen and oxygen atoms in total. The predicted octanol–water partition coefficient (Wildman–Crippen LogP) is 2.85. The van der Waals surface area contributed by atoms with E-state index in [1.807, 2.05) is 6.92 Å². The number of rotatable bonds is 4. The molecule has 0 fully saturated rings. The molecular formula is C10H12F2O2. The van der Waals surface area contributed by atoms with Gasteiger partial charge >= 0.3 is 0 Å². The van der Waals surface area contributed by atoms with Gasteiger partial charge in [0.1, 0.15) is 0 Å². The summed E-state index contributed by atoms with van der Waals surface area (Å²) >= 11 is 0. The predicted molar refractivity (Wildman–Crippen MR) is 48.4 cm³/mol. The largest absolute Gasteiger partial charge is 0.505 e. The van der Waals surface area contributed by atoms with E-state index in [1.165, 1.54) is 0 Å². The molecule has 1 aromatic carbocycles. The Kier molecular flexibility index (Phi) is 3.68. The van der Waals surface area contributed by atoms with Gasteiger partial charge in [0, 0.05) is 0 Å². The smallest absolute Gasteiger partial charge is 0.209 e. The van der Waals surface area contributed by atoms with Crippen molar-refractivity contribution in [3.63, 3.8) is 0 Å². The highest BCUT2D eigenvalue weighted by molar-refractivity contribution is 5.35. The minimum atomic E-state index is -1.04. The zero-order valence-electron chi connectivity index (χ0n) is 7.89. The molecule has 1 rings (SSSR count). The van der Waals surface area contributed by atoms with E-state index in [1.54, 1.807) is 0 Å². The van der Waals surface area contributed by atoms with Crippen LogP contribution in [0.2, 0.25) is 0 Å². The summed E-state index contributed by atoms with van der Waals surface area (Å²) in [7, 11) is 0. The molecule has 0 aliphatic rings. The topological polar surface area (TPSA) is 29.5 Å². The summed E-state index contributed by atoms with van der Waals surface area (Å²) in [5.41, 5.74) is 0. The van der Waals surface area contributed by atoms with E-state index in [9.17, 15) is 8.78 Å². The maximum absolute atomic E-state index is 13.1. The van der Waals surface area contributed by atoms with Gasteiger partial charge in [0.25, 0.3) is 0 Å². The molecule has 0 aliphatic heterocycles. The van der Waals surface area contributed by atoms with E-state index in [4.69, 9.17) is 9.84 Å². The van der Waals surface area contributed by atoms with Gasteiger partial charge in [-0.2, -0.15) is 4.39 Å². The summed E-state index contributed by atoms with van der Waals surface area (Å²) in [5.74, 6) is -2.94. The summed E-state index contributed by atoms with van der Waals surface area (Å²) in [6.07, 6.45) is 1.59. The van der Waals surface area contributed by atoms with E-state index in [0.29, 0.717) is 6.42 Å². The molecule has 0 saturated heterocycles. The molecule has 0 saturated carbocycles. The maximum Gasteiger partial charge on any atom is 0.209 e. The number of hydrogen-bond acceptors (Lipinski definition) is 2. The van der Waals surface area contributed by atoms with E-state index in [2.05, 4.69) is 0 Å². The third kappa shape index (κ3) is 2.34. The highest BCUT2D eigenvalue weighted by Crippen LogP contribution is 2.28. The van der Waals surface area contributed by atoms with E-state index >= 15 is 0 Å². The van der Waals surface area contributed by atoms with Gasteiger partial charge in [0.05, 0.1) is 6.61 Å². The summed E-state index contributed by atoms with van der Waals surface area (Å²) in [6, 6.07) is 1.93. The molecule has 78 valence electrons. The van der Waals surface area contributed by atoms with Crippen LogP contribution in [0.3, 0.4) is 0 Å². The molecule has 0 heterocycles. The van der Waals surface area contributed by atoms with Gasteiger partial charge in [-0.3, -0.25) is 0 Å². The first-order chi connectivity index (χ1) is 6.66. The van der Waals surface area contributed by atoms with Crippen LogP contribution >= 0.6 is 0 Å². The van der Waals surface area contributed by atoms with Crippen molar-refractivity contribution < 1.29 is 18.6 Å². The highest BCUT2D eigenvalue weighted by atomic mass is 19.1. The van der Waals surface area contributed by atoms with Gasteiger partial charge in [-0.25, -0.2) is 4.39 Å². The van der Waals surface area contributed by atoms with Crippen molar-refractivity contribution in [1.29, 1.82) is 0 Å². The van der Waals surface area contributed by atoms with Gasteiger partial charge in [-0.15, -0.1) is 0 Å². The number of phenols is 1. The molecule has 4 heteroatoms. The third-order valence-corrected chi connectivity index (χ3v) is 1.77. The molecule has 0 amide bonds. The molecule has 0 aromatic heterocycles. The molecule has 0 atom stereocenters. The zero-order valence-corrected chi connectivity index (χ0v) is 7.89. The van der Waals surface area contributed by atoms with Crippen molar-refractivity contribution in [1.82, 2.24) is 0 Å². The van der Waals surface area contributed by atoms with Gasteiger partial charge in [0.15, 0.2) is 17.3 Å². The Hall–Kier alpha value is -1.32. The number of benzene rings is 1. The fourth-order valence-corrected chi connectivity index (χ4v) is 0.973. The van der Waals surface area contributed by atoms with Gasteiger partial charge in [0.2, 0.25) is 5.82 Å². The Bertz CT molecular complexity index is 313. The van der Waals surface area contributed by atoms with Crippen molar-refractivity contribution in [3.05, 3.63) is 23.8 Å². The molecule has 0 aliphatic carbocycles. The Morgan fingerprint density at radius 2 is 2.07 bits per heavy atom. The van der Waals surface area contributed by atoms with Crippen molar-refractivity contribution >= 4 is 0 Å². The van der Waals surface area contributed by atoms with Crippen LogP contribution in [0.5, 0.6) is 11.5 Å². The van der Waals surface area contributed by atoms with Crippen LogP contribution in [-0.4, -0.2) is 11.7 Å². The summed E-state index contributed by atoms with van der Waals surface area (Å²) in [5, 5.41) is 8.96. The second-order valence-corrected chi connectivity index (χ2v) is 2.91. The van der Waals surface area contributed by atoms with Crippen LogP contribution in [0.15, 0.2) is 12.1 Å². The lowest BCUT2D eigenvalue weighted by Gasteiger charge is -2.08. The molecule has 0 unspecified atom stereocenters. The lowest BCUT2D eigenvalue weighted by atomic mass is 10.3. The van der Waals surface area contributed by atoms with Gasteiger partial charge in [-0.1, -0.05) is 13.3 Å². The van der Waals surface area contributed by atoms with Crippen LogP contribution in [0.1, 0.15) is 19.8 Å². The second kappa shape index (κ2) is 4.79. The highest BCUT2D eigenvalue weighted by Gasteiger charge is 2.13. The first-order valence-electron chi connectivity index (χ1n) is 4.46. The number of aromatic hydroxyl groups is 1. The Balaban J connectivity index is 2.79. The normalized spacial score (nSPS) is 10.2. The Labute approximate surface area is 81.1 Å². The quantitative estimate of drug-likeness (QED) is 0.761. The molecule has 0 radical (unpaired) electrons. The molecule has 0 spiro atoms. The minimum absolute atomic E-state index is 0.244. The SMILES string of the molecule is CCCCOc1c(F)ccc(O)c1F. The van der Waals surface area contributed by atoms with E-state index in [0.717, 1.165) is 18.6 Å². The number of phenolic OH excluding ortho intramolecular Hbond substituents is 1. The van der Waals surface area contributed by atoms with Crippen molar-refractivity contribution in [3.8, 4) is 11.5 Å². The molecule has 1 aromatic rings. The van der Waals surface area contributed by atoms with Crippen LogP contribution in [-0.2, 0) is 0 Å². The molecule has 14 heavy (non-hydrogen) atoms. The zero-order chi connectivity index (χ0) is 10.6. The molecule has 1 N–H and O–H groups in total. The molecular weight excluding hydrogens is 190 g/mol. The second-order valence-electron chi connectivity index (χ2n) is 2.91. The monoisotopic (exact) mass is 202 g/mol. The number of halogens is 2. The van der Waals surface area contributed by atoms with Crippen LogP contribution in [0, 0.1) is 11.6 Å². The van der Waals surface area contributed by atoms with E-state index < -0.39 is 23.1 Å². The fourth-order valence-electron chi connectivity index (χ4n) is 0.973. The summed E-state index contributed by atoms with van der Waals surface area (Å²) in [4.78, 5) is 0. The fraction of sp³-hybridized carbons (Fsp3) is 0.400. The van der Waals surface area contributed by atoms with Crippen molar-refractivity contribution in [2.24, 2.45) is 0 Å². The van der Waals surface area contributed by atoms with Crippen molar-refractivity contribution in [2.45, 2.75) is 19.8 Å². The van der Waals surface area contributed by atoms with Crippen LogP contribution < -0.4 is 4.74 Å². The number of unbranched alkanes of at least 4 members (excludes halogenated alkanes) is 1.